The highest BCUT2D eigenvalue weighted by Crippen LogP contribution is 2.40. The maximum absolute atomic E-state index is 12.3. The van der Waals surface area contributed by atoms with Crippen LogP contribution in [-0.4, -0.2) is 36.5 Å². The lowest BCUT2D eigenvalue weighted by Gasteiger charge is -2.30. The summed E-state index contributed by atoms with van der Waals surface area (Å²) in [6.07, 6.45) is 7.45. The third-order valence-corrected chi connectivity index (χ3v) is 5.39. The number of carbonyl (C=O) groups is 1. The Hall–Kier alpha value is -1.35. The number of carbonyl (C=O) groups excluding carboxylic acids is 1. The van der Waals surface area contributed by atoms with Crippen molar-refractivity contribution >= 4 is 5.91 Å². The molecule has 3 nitrogen and oxygen atoms in total. The van der Waals surface area contributed by atoms with Crippen molar-refractivity contribution in [3.63, 3.8) is 0 Å². The number of hydrogen-bond acceptors (Lipinski definition) is 2. The van der Waals surface area contributed by atoms with E-state index in [0.717, 1.165) is 13.1 Å². The SMILES string of the molecule is CCN(CC(=O)NCC1(c2ccccc2)CCCC1)C1CC1. The Morgan fingerprint density at radius 1 is 1.23 bits per heavy atom. The van der Waals surface area contributed by atoms with Gasteiger partial charge < -0.3 is 5.32 Å². The zero-order valence-corrected chi connectivity index (χ0v) is 13.7. The highest BCUT2D eigenvalue weighted by atomic mass is 16.2. The molecule has 0 heterocycles. The molecule has 0 atom stereocenters. The first-order valence-corrected chi connectivity index (χ1v) is 8.80. The smallest absolute Gasteiger partial charge is 0.234 e. The van der Waals surface area contributed by atoms with Gasteiger partial charge in [0.15, 0.2) is 0 Å². The van der Waals surface area contributed by atoms with E-state index in [1.165, 1.54) is 44.1 Å². The maximum atomic E-state index is 12.3. The first kappa shape index (κ1) is 15.5. The number of amides is 1. The highest BCUT2D eigenvalue weighted by molar-refractivity contribution is 5.78. The van der Waals surface area contributed by atoms with Crippen molar-refractivity contribution < 1.29 is 4.79 Å². The number of nitrogens with one attached hydrogen (secondary N) is 1. The van der Waals surface area contributed by atoms with Crippen LogP contribution in [0, 0.1) is 0 Å². The normalized spacial score (nSPS) is 20.3. The fraction of sp³-hybridized carbons (Fsp3) is 0.632. The number of likely N-dealkylation sites (N-methyl/N-ethyl adjacent to an activating group) is 1. The Kier molecular flexibility index (Phi) is 4.82. The fourth-order valence-corrected chi connectivity index (χ4v) is 3.86. The van der Waals surface area contributed by atoms with E-state index in [9.17, 15) is 4.79 Å². The standard InChI is InChI=1S/C19H28N2O/c1-2-21(17-10-11-17)14-18(22)20-15-19(12-6-7-13-19)16-8-4-3-5-9-16/h3-5,8-9,17H,2,6-7,10-15H2,1H3,(H,20,22). The predicted molar refractivity (Wildman–Crippen MR) is 89.9 cm³/mol. The Morgan fingerprint density at radius 3 is 2.50 bits per heavy atom. The van der Waals surface area contributed by atoms with E-state index in [4.69, 9.17) is 0 Å². The van der Waals surface area contributed by atoms with E-state index in [1.807, 2.05) is 0 Å². The van der Waals surface area contributed by atoms with Gasteiger partial charge in [0.25, 0.3) is 0 Å². The Morgan fingerprint density at radius 2 is 1.91 bits per heavy atom. The lowest BCUT2D eigenvalue weighted by molar-refractivity contribution is -0.122. The van der Waals surface area contributed by atoms with Crippen LogP contribution in [0.3, 0.4) is 0 Å². The van der Waals surface area contributed by atoms with Crippen LogP contribution in [0.15, 0.2) is 30.3 Å². The van der Waals surface area contributed by atoms with E-state index >= 15 is 0 Å². The third-order valence-electron chi connectivity index (χ3n) is 5.39. The van der Waals surface area contributed by atoms with Gasteiger partial charge in [0.1, 0.15) is 0 Å². The van der Waals surface area contributed by atoms with Gasteiger partial charge in [0.05, 0.1) is 6.54 Å². The minimum atomic E-state index is 0.160. The largest absolute Gasteiger partial charge is 0.354 e. The van der Waals surface area contributed by atoms with Crippen LogP contribution in [0.5, 0.6) is 0 Å². The first-order chi connectivity index (χ1) is 10.7. The van der Waals surface area contributed by atoms with Crippen molar-refractivity contribution in [2.24, 2.45) is 0 Å². The van der Waals surface area contributed by atoms with Crippen molar-refractivity contribution in [3.05, 3.63) is 35.9 Å². The van der Waals surface area contributed by atoms with Gasteiger partial charge in [0.2, 0.25) is 5.91 Å². The molecular formula is C19H28N2O. The van der Waals surface area contributed by atoms with Crippen molar-refractivity contribution in [2.75, 3.05) is 19.6 Å². The lowest BCUT2D eigenvalue weighted by Crippen LogP contribution is -2.44. The Bertz CT molecular complexity index is 489. The van der Waals surface area contributed by atoms with Crippen LogP contribution < -0.4 is 5.32 Å². The summed E-state index contributed by atoms with van der Waals surface area (Å²) in [6, 6.07) is 11.4. The molecule has 0 saturated heterocycles. The van der Waals surface area contributed by atoms with Gasteiger partial charge >= 0.3 is 0 Å². The molecule has 1 aromatic rings. The highest BCUT2D eigenvalue weighted by Gasteiger charge is 2.36. The molecule has 3 heteroatoms. The van der Waals surface area contributed by atoms with Gasteiger partial charge in [-0.15, -0.1) is 0 Å². The van der Waals surface area contributed by atoms with Crippen LogP contribution in [0.2, 0.25) is 0 Å². The zero-order chi connectivity index (χ0) is 15.4. The summed E-state index contributed by atoms with van der Waals surface area (Å²) in [6.45, 7) is 4.47. The average Bonchev–Trinajstić information content (AvgIpc) is 3.29. The maximum Gasteiger partial charge on any atom is 0.234 e. The molecule has 3 rings (SSSR count). The molecule has 2 fully saturated rings. The van der Waals surface area contributed by atoms with Crippen molar-refractivity contribution in [1.82, 2.24) is 10.2 Å². The van der Waals surface area contributed by atoms with E-state index in [1.54, 1.807) is 0 Å². The predicted octanol–water partition coefficient (Wildman–Crippen LogP) is 3.10. The second-order valence-corrected chi connectivity index (χ2v) is 6.92. The zero-order valence-electron chi connectivity index (χ0n) is 13.7. The van der Waals surface area contributed by atoms with Gasteiger partial charge in [0, 0.05) is 18.0 Å². The second kappa shape index (κ2) is 6.82. The molecule has 2 saturated carbocycles. The molecule has 2 aliphatic rings. The molecule has 0 aliphatic heterocycles. The fourth-order valence-electron chi connectivity index (χ4n) is 3.86. The van der Waals surface area contributed by atoms with Gasteiger partial charge in [-0.25, -0.2) is 0 Å². The molecule has 1 aromatic carbocycles. The van der Waals surface area contributed by atoms with E-state index < -0.39 is 0 Å². The summed E-state index contributed by atoms with van der Waals surface area (Å²) >= 11 is 0. The second-order valence-electron chi connectivity index (χ2n) is 6.92. The van der Waals surface area contributed by atoms with Crippen LogP contribution >= 0.6 is 0 Å². The number of hydrogen-bond donors (Lipinski definition) is 1. The molecule has 1 N–H and O–H groups in total. The summed E-state index contributed by atoms with van der Waals surface area (Å²) in [4.78, 5) is 14.6. The molecule has 2 aliphatic carbocycles. The average molecular weight is 300 g/mol. The van der Waals surface area contributed by atoms with Crippen LogP contribution in [0.4, 0.5) is 0 Å². The summed E-state index contributed by atoms with van der Waals surface area (Å²) in [5.41, 5.74) is 1.55. The molecule has 0 bridgehead atoms. The van der Waals surface area contributed by atoms with Crippen LogP contribution in [0.25, 0.3) is 0 Å². The van der Waals surface area contributed by atoms with Crippen molar-refractivity contribution in [1.29, 1.82) is 0 Å². The molecule has 22 heavy (non-hydrogen) atoms. The van der Waals surface area contributed by atoms with Gasteiger partial charge in [-0.1, -0.05) is 50.1 Å². The van der Waals surface area contributed by atoms with E-state index in [2.05, 4.69) is 47.5 Å². The number of rotatable bonds is 7. The molecule has 0 unspecified atom stereocenters. The lowest BCUT2D eigenvalue weighted by atomic mass is 9.79. The summed E-state index contributed by atoms with van der Waals surface area (Å²) < 4.78 is 0. The van der Waals surface area contributed by atoms with Gasteiger partial charge in [-0.3, -0.25) is 9.69 Å². The van der Waals surface area contributed by atoms with Crippen molar-refractivity contribution in [3.8, 4) is 0 Å². The molecule has 1 amide bonds. The molecule has 0 spiro atoms. The van der Waals surface area contributed by atoms with E-state index in [0.29, 0.717) is 12.6 Å². The van der Waals surface area contributed by atoms with Crippen LogP contribution in [-0.2, 0) is 10.2 Å². The monoisotopic (exact) mass is 300 g/mol. The van der Waals surface area contributed by atoms with Crippen LogP contribution in [0.1, 0.15) is 51.0 Å². The van der Waals surface area contributed by atoms with Gasteiger partial charge in [-0.05, 0) is 37.8 Å². The summed E-state index contributed by atoms with van der Waals surface area (Å²) in [5, 5.41) is 3.23. The Balaban J connectivity index is 1.59. The number of benzene rings is 1. The third kappa shape index (κ3) is 3.52. The summed E-state index contributed by atoms with van der Waals surface area (Å²) in [7, 11) is 0. The topological polar surface area (TPSA) is 32.3 Å². The van der Waals surface area contributed by atoms with Gasteiger partial charge in [-0.2, -0.15) is 0 Å². The molecule has 0 aromatic heterocycles. The number of nitrogens with zero attached hydrogens (tertiary/aromatic N) is 1. The van der Waals surface area contributed by atoms with Crippen molar-refractivity contribution in [2.45, 2.75) is 56.9 Å². The van der Waals surface area contributed by atoms with E-state index in [-0.39, 0.29) is 11.3 Å². The summed E-state index contributed by atoms with van der Waals surface area (Å²) in [5.74, 6) is 0.191. The Labute approximate surface area is 134 Å². The minimum absolute atomic E-state index is 0.160. The molecule has 0 radical (unpaired) electrons. The minimum Gasteiger partial charge on any atom is -0.354 e. The quantitative estimate of drug-likeness (QED) is 0.839. The molecule has 120 valence electrons. The first-order valence-electron chi connectivity index (χ1n) is 8.80. The molecular weight excluding hydrogens is 272 g/mol.